The van der Waals surface area contributed by atoms with Crippen LogP contribution >= 0.6 is 23.2 Å². The standard InChI is InChI=1S/C18H16Cl2N2O3/c19-13-3-1-11(2-4-13)15-8-12(18(23)22-21-15)5-10-6-14(20)17-16(7-10)24-9-25-17/h1-4,6-7,12,15,21H,5,8-9H2,(H,22,23). The zero-order valence-corrected chi connectivity index (χ0v) is 14.7. The third kappa shape index (κ3) is 3.40. The van der Waals surface area contributed by atoms with Crippen LogP contribution < -0.4 is 20.3 Å². The highest BCUT2D eigenvalue weighted by atomic mass is 35.5. The fourth-order valence-corrected chi connectivity index (χ4v) is 3.64. The molecule has 5 nitrogen and oxygen atoms in total. The zero-order valence-electron chi connectivity index (χ0n) is 13.2. The number of benzene rings is 2. The van der Waals surface area contributed by atoms with E-state index in [0.29, 0.717) is 34.4 Å². The summed E-state index contributed by atoms with van der Waals surface area (Å²) < 4.78 is 10.7. The minimum absolute atomic E-state index is 0.0287. The Morgan fingerprint density at radius 2 is 1.92 bits per heavy atom. The monoisotopic (exact) mass is 378 g/mol. The number of nitrogens with one attached hydrogen (secondary N) is 2. The summed E-state index contributed by atoms with van der Waals surface area (Å²) in [6.07, 6.45) is 1.26. The van der Waals surface area contributed by atoms with E-state index in [2.05, 4.69) is 10.9 Å². The Kier molecular flexibility index (Phi) is 4.46. The van der Waals surface area contributed by atoms with Crippen molar-refractivity contribution >= 4 is 29.1 Å². The minimum Gasteiger partial charge on any atom is -0.454 e. The van der Waals surface area contributed by atoms with Gasteiger partial charge in [-0.2, -0.15) is 0 Å². The van der Waals surface area contributed by atoms with Crippen LogP contribution in [0.5, 0.6) is 11.5 Å². The van der Waals surface area contributed by atoms with Crippen molar-refractivity contribution in [3.63, 3.8) is 0 Å². The SMILES string of the molecule is O=C1NNC(c2ccc(Cl)cc2)CC1Cc1cc(Cl)c2c(c1)OCO2. The van der Waals surface area contributed by atoms with Gasteiger partial charge in [0.1, 0.15) is 0 Å². The lowest BCUT2D eigenvalue weighted by atomic mass is 9.88. The molecule has 2 unspecified atom stereocenters. The number of carbonyl (C=O) groups excluding carboxylic acids is 1. The predicted molar refractivity (Wildman–Crippen MR) is 94.9 cm³/mol. The van der Waals surface area contributed by atoms with E-state index >= 15 is 0 Å². The number of rotatable bonds is 3. The Morgan fingerprint density at radius 1 is 1.12 bits per heavy atom. The predicted octanol–water partition coefficient (Wildman–Crippen LogP) is 3.65. The molecule has 130 valence electrons. The number of fused-ring (bicyclic) bond motifs is 1. The fraction of sp³-hybridized carbons (Fsp3) is 0.278. The summed E-state index contributed by atoms with van der Waals surface area (Å²) in [5.41, 5.74) is 7.86. The van der Waals surface area contributed by atoms with Crippen molar-refractivity contribution in [3.05, 3.63) is 57.6 Å². The zero-order chi connectivity index (χ0) is 17.4. The topological polar surface area (TPSA) is 59.6 Å². The van der Waals surface area contributed by atoms with E-state index in [4.69, 9.17) is 32.7 Å². The summed E-state index contributed by atoms with van der Waals surface area (Å²) in [7, 11) is 0. The van der Waals surface area contributed by atoms with Crippen molar-refractivity contribution in [2.75, 3.05) is 6.79 Å². The Bertz CT molecular complexity index is 811. The van der Waals surface area contributed by atoms with Gasteiger partial charge in [0.2, 0.25) is 12.7 Å². The highest BCUT2D eigenvalue weighted by Crippen LogP contribution is 2.40. The van der Waals surface area contributed by atoms with Crippen LogP contribution in [0.2, 0.25) is 10.0 Å². The number of hydrogen-bond acceptors (Lipinski definition) is 4. The van der Waals surface area contributed by atoms with Gasteiger partial charge in [0.25, 0.3) is 0 Å². The summed E-state index contributed by atoms with van der Waals surface area (Å²) in [5.74, 6) is 1.00. The third-order valence-corrected chi connectivity index (χ3v) is 5.03. The number of carbonyl (C=O) groups is 1. The smallest absolute Gasteiger partial charge is 0.237 e. The summed E-state index contributed by atoms with van der Waals surface area (Å²) in [6.45, 7) is 0.172. The first-order valence-corrected chi connectivity index (χ1v) is 8.74. The molecule has 2 aromatic rings. The van der Waals surface area contributed by atoms with Gasteiger partial charge >= 0.3 is 0 Å². The van der Waals surface area contributed by atoms with Crippen molar-refractivity contribution < 1.29 is 14.3 Å². The van der Waals surface area contributed by atoms with Crippen LogP contribution in [0.1, 0.15) is 23.6 Å². The maximum Gasteiger partial charge on any atom is 0.237 e. The highest BCUT2D eigenvalue weighted by Gasteiger charge is 2.30. The molecule has 2 atom stereocenters. The first kappa shape index (κ1) is 16.5. The summed E-state index contributed by atoms with van der Waals surface area (Å²) in [6, 6.07) is 11.4. The molecule has 2 heterocycles. The Labute approximate surface area is 155 Å². The maximum atomic E-state index is 12.3. The van der Waals surface area contributed by atoms with E-state index in [1.54, 1.807) is 0 Å². The quantitative estimate of drug-likeness (QED) is 0.855. The van der Waals surface area contributed by atoms with Gasteiger partial charge < -0.3 is 9.47 Å². The lowest BCUT2D eigenvalue weighted by molar-refractivity contribution is -0.128. The number of amides is 1. The first-order valence-electron chi connectivity index (χ1n) is 7.99. The number of hydrazine groups is 1. The minimum atomic E-state index is -0.168. The highest BCUT2D eigenvalue weighted by molar-refractivity contribution is 6.32. The fourth-order valence-electron chi connectivity index (χ4n) is 3.22. The summed E-state index contributed by atoms with van der Waals surface area (Å²) >= 11 is 12.2. The van der Waals surface area contributed by atoms with Crippen LogP contribution in [0.3, 0.4) is 0 Å². The van der Waals surface area contributed by atoms with Gasteiger partial charge in [0.05, 0.1) is 11.1 Å². The second-order valence-corrected chi connectivity index (χ2v) is 7.03. The van der Waals surface area contributed by atoms with E-state index in [9.17, 15) is 4.79 Å². The average Bonchev–Trinajstić information content (AvgIpc) is 3.07. The molecule has 2 aromatic carbocycles. The molecule has 7 heteroatoms. The number of hydrogen-bond donors (Lipinski definition) is 2. The van der Waals surface area contributed by atoms with Gasteiger partial charge in [-0.3, -0.25) is 10.2 Å². The molecule has 1 fully saturated rings. The van der Waals surface area contributed by atoms with E-state index in [0.717, 1.165) is 11.1 Å². The van der Waals surface area contributed by atoms with Crippen molar-refractivity contribution in [2.24, 2.45) is 5.92 Å². The van der Waals surface area contributed by atoms with Gasteiger partial charge in [0, 0.05) is 10.9 Å². The third-order valence-electron chi connectivity index (χ3n) is 4.50. The molecule has 0 radical (unpaired) electrons. The van der Waals surface area contributed by atoms with Gasteiger partial charge in [-0.25, -0.2) is 5.43 Å². The molecule has 0 aliphatic carbocycles. The summed E-state index contributed by atoms with van der Waals surface area (Å²) in [4.78, 5) is 12.3. The van der Waals surface area contributed by atoms with Gasteiger partial charge in [-0.05, 0) is 48.2 Å². The molecule has 0 saturated carbocycles. The lowest BCUT2D eigenvalue weighted by Crippen LogP contribution is -2.49. The second kappa shape index (κ2) is 6.75. The van der Waals surface area contributed by atoms with E-state index < -0.39 is 0 Å². The van der Waals surface area contributed by atoms with Crippen LogP contribution in [0.4, 0.5) is 0 Å². The molecule has 0 aromatic heterocycles. The van der Waals surface area contributed by atoms with E-state index in [1.807, 2.05) is 36.4 Å². The lowest BCUT2D eigenvalue weighted by Gasteiger charge is -2.30. The van der Waals surface area contributed by atoms with Crippen LogP contribution in [-0.2, 0) is 11.2 Å². The second-order valence-electron chi connectivity index (χ2n) is 6.19. The Hall–Kier alpha value is -1.95. The molecule has 0 bridgehead atoms. The van der Waals surface area contributed by atoms with Gasteiger partial charge in [-0.15, -0.1) is 0 Å². The van der Waals surface area contributed by atoms with Crippen LogP contribution in [-0.4, -0.2) is 12.7 Å². The van der Waals surface area contributed by atoms with Gasteiger partial charge in [-0.1, -0.05) is 35.3 Å². The van der Waals surface area contributed by atoms with Crippen molar-refractivity contribution in [3.8, 4) is 11.5 Å². The molecule has 1 amide bonds. The molecule has 1 saturated heterocycles. The largest absolute Gasteiger partial charge is 0.454 e. The molecule has 2 aliphatic heterocycles. The average molecular weight is 379 g/mol. The Balaban J connectivity index is 1.52. The summed E-state index contributed by atoms with van der Waals surface area (Å²) in [5, 5.41) is 1.20. The van der Waals surface area contributed by atoms with Crippen molar-refractivity contribution in [2.45, 2.75) is 18.9 Å². The van der Waals surface area contributed by atoms with Crippen molar-refractivity contribution in [1.82, 2.24) is 10.9 Å². The molecular formula is C18H16Cl2N2O3. The maximum absolute atomic E-state index is 12.3. The Morgan fingerprint density at radius 3 is 2.72 bits per heavy atom. The number of ether oxygens (including phenoxy) is 2. The normalized spacial score (nSPS) is 21.9. The first-order chi connectivity index (χ1) is 12.1. The molecule has 25 heavy (non-hydrogen) atoms. The molecule has 0 spiro atoms. The molecular weight excluding hydrogens is 363 g/mol. The van der Waals surface area contributed by atoms with Crippen LogP contribution in [0.25, 0.3) is 0 Å². The van der Waals surface area contributed by atoms with Crippen LogP contribution in [0.15, 0.2) is 36.4 Å². The molecule has 2 aliphatic rings. The van der Waals surface area contributed by atoms with E-state index in [1.165, 1.54) is 0 Å². The van der Waals surface area contributed by atoms with E-state index in [-0.39, 0.29) is 24.7 Å². The van der Waals surface area contributed by atoms with Crippen LogP contribution in [0, 0.1) is 5.92 Å². The number of halogens is 2. The van der Waals surface area contributed by atoms with Crippen molar-refractivity contribution in [1.29, 1.82) is 0 Å². The molecule has 4 rings (SSSR count). The molecule has 2 N–H and O–H groups in total. The van der Waals surface area contributed by atoms with Gasteiger partial charge in [0.15, 0.2) is 11.5 Å².